The number of rotatable bonds is 7. The second-order valence-corrected chi connectivity index (χ2v) is 8.62. The molecule has 0 aliphatic heterocycles. The van der Waals surface area contributed by atoms with Crippen LogP contribution in [0.1, 0.15) is 36.1 Å². The molecule has 1 aromatic heterocycles. The number of carbonyl (C=O) groups excluding carboxylic acids is 1. The quantitative estimate of drug-likeness (QED) is 0.590. The maximum atomic E-state index is 13.2. The van der Waals surface area contributed by atoms with E-state index in [2.05, 4.69) is 13.5 Å². The van der Waals surface area contributed by atoms with Gasteiger partial charge >= 0.3 is 5.97 Å². The maximum Gasteiger partial charge on any atom is 0.307 e. The van der Waals surface area contributed by atoms with Crippen molar-refractivity contribution in [3.05, 3.63) is 53.1 Å². The molecule has 2 aromatic carbocycles. The fourth-order valence-corrected chi connectivity index (χ4v) is 5.14. The third-order valence-corrected chi connectivity index (χ3v) is 6.49. The number of sulfonamides is 1. The molecule has 0 fully saturated rings. The van der Waals surface area contributed by atoms with Gasteiger partial charge in [0, 0.05) is 0 Å². The van der Waals surface area contributed by atoms with Crippen LogP contribution in [0.25, 0.3) is 11.0 Å². The summed E-state index contributed by atoms with van der Waals surface area (Å²) in [6.07, 6.45) is -0.111. The van der Waals surface area contributed by atoms with E-state index in [4.69, 9.17) is 4.74 Å². The van der Waals surface area contributed by atoms with E-state index >= 15 is 0 Å². The Balaban J connectivity index is 2.00. The first-order valence-electron chi connectivity index (χ1n) is 8.78. The molecule has 7 nitrogen and oxygen atoms in total. The second kappa shape index (κ2) is 8.34. The zero-order valence-corrected chi connectivity index (χ0v) is 17.4. The highest BCUT2D eigenvalue weighted by Gasteiger charge is 2.28. The predicted octanol–water partition coefficient (Wildman–Crippen LogP) is 3.28. The number of aryl methyl sites for hydroxylation is 2. The molecule has 0 saturated carbocycles. The summed E-state index contributed by atoms with van der Waals surface area (Å²) in [6, 6.07) is 10.0. The lowest BCUT2D eigenvalue weighted by atomic mass is 10.0. The van der Waals surface area contributed by atoms with E-state index in [1.54, 1.807) is 38.1 Å². The monoisotopic (exact) mass is 419 g/mol. The van der Waals surface area contributed by atoms with Gasteiger partial charge in [0.1, 0.15) is 15.9 Å². The van der Waals surface area contributed by atoms with Crippen LogP contribution < -0.4 is 4.72 Å². The Labute approximate surface area is 168 Å². The van der Waals surface area contributed by atoms with Gasteiger partial charge in [-0.1, -0.05) is 35.9 Å². The van der Waals surface area contributed by atoms with Gasteiger partial charge in [-0.2, -0.15) is 8.75 Å². The molecule has 148 valence electrons. The van der Waals surface area contributed by atoms with E-state index < -0.39 is 22.0 Å². The Morgan fingerprint density at radius 1 is 1.14 bits per heavy atom. The van der Waals surface area contributed by atoms with Crippen molar-refractivity contribution in [1.82, 2.24) is 13.5 Å². The smallest absolute Gasteiger partial charge is 0.307 e. The molecule has 0 spiro atoms. The molecule has 1 atom stereocenters. The van der Waals surface area contributed by atoms with Gasteiger partial charge < -0.3 is 4.74 Å². The Morgan fingerprint density at radius 2 is 1.86 bits per heavy atom. The van der Waals surface area contributed by atoms with E-state index in [-0.39, 0.29) is 17.9 Å². The SMILES string of the molecule is CCOC(=O)C[C@@H](NS(=O)(=O)c1c(C)ccc2nsnc12)c1ccc(C)cc1. The molecule has 9 heteroatoms. The molecule has 1 N–H and O–H groups in total. The Kier molecular flexibility index (Phi) is 6.07. The summed E-state index contributed by atoms with van der Waals surface area (Å²) in [4.78, 5) is 12.2. The molecule has 1 heterocycles. The standard InChI is InChI=1S/C19H21N3O4S2/c1-4-26-17(23)11-16(14-8-5-12(2)6-9-14)22-28(24,25)19-13(3)7-10-15-18(19)21-27-20-15/h5-10,16,22H,4,11H2,1-3H3/t16-/m1/s1. The summed E-state index contributed by atoms with van der Waals surface area (Å²) in [6.45, 7) is 5.59. The zero-order chi connectivity index (χ0) is 20.3. The second-order valence-electron chi connectivity index (χ2n) is 6.44. The number of esters is 1. The molecule has 0 radical (unpaired) electrons. The van der Waals surface area contributed by atoms with Gasteiger partial charge in [0.05, 0.1) is 30.8 Å². The van der Waals surface area contributed by atoms with Crippen LogP contribution in [0, 0.1) is 13.8 Å². The topological polar surface area (TPSA) is 98.2 Å². The summed E-state index contributed by atoms with van der Waals surface area (Å²) < 4.78 is 42.4. The molecule has 3 aromatic rings. The highest BCUT2D eigenvalue weighted by molar-refractivity contribution is 7.89. The molecule has 0 aliphatic carbocycles. The van der Waals surface area contributed by atoms with E-state index in [0.717, 1.165) is 17.3 Å². The molecule has 0 amide bonds. The minimum absolute atomic E-state index is 0.0831. The van der Waals surface area contributed by atoms with Crippen molar-refractivity contribution in [3.8, 4) is 0 Å². The molecule has 3 rings (SSSR count). The predicted molar refractivity (Wildman–Crippen MR) is 108 cm³/mol. The van der Waals surface area contributed by atoms with Gasteiger partial charge in [0.25, 0.3) is 0 Å². The Morgan fingerprint density at radius 3 is 2.54 bits per heavy atom. The van der Waals surface area contributed by atoms with E-state index in [0.29, 0.717) is 22.2 Å². The number of nitrogens with zero attached hydrogens (tertiary/aromatic N) is 2. The summed E-state index contributed by atoms with van der Waals surface area (Å²) in [5.74, 6) is -0.471. The number of nitrogens with one attached hydrogen (secondary N) is 1. The molecular weight excluding hydrogens is 398 g/mol. The lowest BCUT2D eigenvalue weighted by Gasteiger charge is -2.19. The van der Waals surface area contributed by atoms with Crippen molar-refractivity contribution in [2.45, 2.75) is 38.1 Å². The van der Waals surface area contributed by atoms with Crippen molar-refractivity contribution in [3.63, 3.8) is 0 Å². The number of ether oxygens (including phenoxy) is 1. The number of aromatic nitrogens is 2. The summed E-state index contributed by atoms with van der Waals surface area (Å²) in [5, 5.41) is 0. The third kappa shape index (κ3) is 4.37. The molecule has 28 heavy (non-hydrogen) atoms. The van der Waals surface area contributed by atoms with Crippen molar-refractivity contribution in [2.24, 2.45) is 0 Å². The largest absolute Gasteiger partial charge is 0.466 e. The minimum Gasteiger partial charge on any atom is -0.466 e. The normalized spacial score (nSPS) is 12.8. The van der Waals surface area contributed by atoms with Crippen molar-refractivity contribution in [2.75, 3.05) is 6.61 Å². The van der Waals surface area contributed by atoms with E-state index in [1.807, 2.05) is 19.1 Å². The van der Waals surface area contributed by atoms with Crippen LogP contribution in [-0.4, -0.2) is 29.7 Å². The molecule has 0 aliphatic rings. The highest BCUT2D eigenvalue weighted by Crippen LogP contribution is 2.28. The third-order valence-electron chi connectivity index (χ3n) is 4.30. The van der Waals surface area contributed by atoms with Crippen LogP contribution in [0.5, 0.6) is 0 Å². The Hall–Kier alpha value is -2.36. The van der Waals surface area contributed by atoms with Crippen molar-refractivity contribution in [1.29, 1.82) is 0 Å². The van der Waals surface area contributed by atoms with Crippen LogP contribution in [0.2, 0.25) is 0 Å². The van der Waals surface area contributed by atoms with Crippen LogP contribution in [0.3, 0.4) is 0 Å². The fraction of sp³-hybridized carbons (Fsp3) is 0.316. The number of hydrogen-bond donors (Lipinski definition) is 1. The lowest BCUT2D eigenvalue weighted by molar-refractivity contribution is -0.143. The zero-order valence-electron chi connectivity index (χ0n) is 15.8. The molecule has 0 unspecified atom stereocenters. The van der Waals surface area contributed by atoms with Gasteiger partial charge in [-0.15, -0.1) is 0 Å². The summed E-state index contributed by atoms with van der Waals surface area (Å²) in [7, 11) is -3.96. The van der Waals surface area contributed by atoms with Gasteiger partial charge in [0.15, 0.2) is 0 Å². The van der Waals surface area contributed by atoms with Crippen LogP contribution >= 0.6 is 11.7 Å². The average molecular weight is 420 g/mol. The minimum atomic E-state index is -3.96. The number of fused-ring (bicyclic) bond motifs is 1. The van der Waals surface area contributed by atoms with Crippen molar-refractivity contribution >= 4 is 38.8 Å². The number of hydrogen-bond acceptors (Lipinski definition) is 7. The summed E-state index contributed by atoms with van der Waals surface area (Å²) >= 11 is 0.960. The Bertz CT molecular complexity index is 1090. The number of benzene rings is 2. The lowest BCUT2D eigenvalue weighted by Crippen LogP contribution is -2.31. The van der Waals surface area contributed by atoms with Gasteiger partial charge in [-0.05, 0) is 38.0 Å². The summed E-state index contributed by atoms with van der Waals surface area (Å²) in [5.41, 5.74) is 3.13. The first kappa shape index (κ1) is 20.4. The fourth-order valence-electron chi connectivity index (χ4n) is 2.93. The van der Waals surface area contributed by atoms with Crippen LogP contribution in [0.15, 0.2) is 41.3 Å². The average Bonchev–Trinajstić information content (AvgIpc) is 3.09. The van der Waals surface area contributed by atoms with Gasteiger partial charge in [0.2, 0.25) is 10.0 Å². The first-order chi connectivity index (χ1) is 13.3. The van der Waals surface area contributed by atoms with Crippen LogP contribution in [-0.2, 0) is 19.6 Å². The van der Waals surface area contributed by atoms with Gasteiger partial charge in [-0.3, -0.25) is 4.79 Å². The highest BCUT2D eigenvalue weighted by atomic mass is 32.2. The van der Waals surface area contributed by atoms with Gasteiger partial charge in [-0.25, -0.2) is 13.1 Å². The van der Waals surface area contributed by atoms with Crippen molar-refractivity contribution < 1.29 is 17.9 Å². The maximum absolute atomic E-state index is 13.2. The molecular formula is C19H21N3O4S2. The molecule has 0 saturated heterocycles. The van der Waals surface area contributed by atoms with Crippen LogP contribution in [0.4, 0.5) is 0 Å². The number of carbonyl (C=O) groups is 1. The van der Waals surface area contributed by atoms with E-state index in [9.17, 15) is 13.2 Å². The molecule has 0 bridgehead atoms. The first-order valence-corrected chi connectivity index (χ1v) is 11.0. The van der Waals surface area contributed by atoms with E-state index in [1.165, 1.54) is 0 Å².